The Bertz CT molecular complexity index is 82.9. The van der Waals surface area contributed by atoms with E-state index < -0.39 is 9.04 Å². The molecule has 0 spiro atoms. The van der Waals surface area contributed by atoms with E-state index in [4.69, 9.17) is 4.43 Å². The molecule has 0 aromatic heterocycles. The summed E-state index contributed by atoms with van der Waals surface area (Å²) in [4.78, 5) is 0. The summed E-state index contributed by atoms with van der Waals surface area (Å²) < 4.78 is 5.39. The van der Waals surface area contributed by atoms with Gasteiger partial charge in [-0.25, -0.2) is 0 Å². The smallest absolute Gasteiger partial charge is 0.224 e. The van der Waals surface area contributed by atoms with Crippen molar-refractivity contribution in [2.75, 3.05) is 6.61 Å². The summed E-state index contributed by atoms with van der Waals surface area (Å²) in [5.41, 5.74) is 3.76. The highest BCUT2D eigenvalue weighted by atomic mass is 28.3. The summed E-state index contributed by atoms with van der Waals surface area (Å²) in [6.45, 7) is 10.2. The molecule has 0 saturated heterocycles. The molecule has 0 rings (SSSR count). The average Bonchev–Trinajstić information content (AvgIpc) is 1.91. The van der Waals surface area contributed by atoms with E-state index in [1.165, 1.54) is 0 Å². The van der Waals surface area contributed by atoms with E-state index in [0.717, 1.165) is 13.0 Å². The summed E-state index contributed by atoms with van der Waals surface area (Å²) in [6, 6.07) is 0. The molecule has 0 bridgehead atoms. The fraction of sp³-hybridized carbons (Fsp3) is 0.429. The van der Waals surface area contributed by atoms with Gasteiger partial charge in [0.1, 0.15) is 0 Å². The predicted molar refractivity (Wildman–Crippen MR) is 43.8 cm³/mol. The highest BCUT2D eigenvalue weighted by Crippen LogP contribution is 1.89. The Morgan fingerprint density at radius 1 is 1.44 bits per heavy atom. The normalized spacial score (nSPS) is 9.56. The zero-order valence-electron chi connectivity index (χ0n) is 5.97. The van der Waals surface area contributed by atoms with Gasteiger partial charge in [0, 0.05) is 6.61 Å². The van der Waals surface area contributed by atoms with Crippen LogP contribution in [0.25, 0.3) is 0 Å². The lowest BCUT2D eigenvalue weighted by atomic mass is 10.5. The maximum absolute atomic E-state index is 5.39. The standard InChI is InChI=1S/C7H14OSi/c1-4-7-8-9(5-2)6-3/h5-6,9H,2-4,7H2,1H3. The molecule has 0 fully saturated rings. The predicted octanol–water partition coefficient (Wildman–Crippen LogP) is 1.59. The fourth-order valence-corrected chi connectivity index (χ4v) is 1.46. The monoisotopic (exact) mass is 142 g/mol. The van der Waals surface area contributed by atoms with Crippen LogP contribution in [0.1, 0.15) is 13.3 Å². The van der Waals surface area contributed by atoms with Crippen LogP contribution in [0.5, 0.6) is 0 Å². The summed E-state index contributed by atoms with van der Waals surface area (Å²) in [7, 11) is -1.18. The van der Waals surface area contributed by atoms with Gasteiger partial charge in [-0.05, 0) is 6.42 Å². The summed E-state index contributed by atoms with van der Waals surface area (Å²) in [5.74, 6) is 0. The van der Waals surface area contributed by atoms with E-state index in [1.54, 1.807) is 0 Å². The summed E-state index contributed by atoms with van der Waals surface area (Å²) in [5, 5.41) is 0. The van der Waals surface area contributed by atoms with E-state index >= 15 is 0 Å². The van der Waals surface area contributed by atoms with Gasteiger partial charge in [-0.3, -0.25) is 0 Å². The fourth-order valence-electron chi connectivity index (χ4n) is 0.486. The van der Waals surface area contributed by atoms with E-state index in [-0.39, 0.29) is 0 Å². The van der Waals surface area contributed by atoms with Crippen LogP contribution in [-0.2, 0) is 4.43 Å². The largest absolute Gasteiger partial charge is 0.412 e. The first-order valence-electron chi connectivity index (χ1n) is 3.21. The van der Waals surface area contributed by atoms with Gasteiger partial charge in [0.05, 0.1) is 0 Å². The maximum atomic E-state index is 5.39. The summed E-state index contributed by atoms with van der Waals surface area (Å²) in [6.07, 6.45) is 1.07. The Morgan fingerprint density at radius 3 is 2.33 bits per heavy atom. The minimum Gasteiger partial charge on any atom is -0.412 e. The minimum absolute atomic E-state index is 0.842. The quantitative estimate of drug-likeness (QED) is 0.530. The molecular formula is C7H14OSi. The Morgan fingerprint density at radius 2 is 2.00 bits per heavy atom. The van der Waals surface area contributed by atoms with Gasteiger partial charge in [0.25, 0.3) is 0 Å². The van der Waals surface area contributed by atoms with Crippen LogP contribution in [0.15, 0.2) is 24.6 Å². The molecule has 52 valence electrons. The van der Waals surface area contributed by atoms with Gasteiger partial charge in [-0.2, -0.15) is 0 Å². The number of hydrogen-bond donors (Lipinski definition) is 0. The Labute approximate surface area is 58.8 Å². The second-order valence-electron chi connectivity index (χ2n) is 1.81. The van der Waals surface area contributed by atoms with Crippen LogP contribution in [0.2, 0.25) is 0 Å². The van der Waals surface area contributed by atoms with Crippen LogP contribution < -0.4 is 0 Å². The van der Waals surface area contributed by atoms with Crippen molar-refractivity contribution in [3.8, 4) is 0 Å². The van der Waals surface area contributed by atoms with Gasteiger partial charge in [-0.15, -0.1) is 13.2 Å². The van der Waals surface area contributed by atoms with Crippen molar-refractivity contribution in [3.05, 3.63) is 24.6 Å². The van der Waals surface area contributed by atoms with Crippen LogP contribution >= 0.6 is 0 Å². The third-order valence-electron chi connectivity index (χ3n) is 0.979. The third kappa shape index (κ3) is 4.18. The second kappa shape index (κ2) is 5.79. The van der Waals surface area contributed by atoms with Crippen LogP contribution in [-0.4, -0.2) is 15.6 Å². The SMILES string of the molecule is C=C[SiH](C=C)OCCC. The van der Waals surface area contributed by atoms with Crippen molar-refractivity contribution in [2.24, 2.45) is 0 Å². The number of rotatable bonds is 5. The van der Waals surface area contributed by atoms with E-state index in [9.17, 15) is 0 Å². The van der Waals surface area contributed by atoms with Gasteiger partial charge < -0.3 is 4.43 Å². The van der Waals surface area contributed by atoms with Crippen LogP contribution in [0.4, 0.5) is 0 Å². The summed E-state index contributed by atoms with van der Waals surface area (Å²) >= 11 is 0. The molecule has 0 amide bonds. The minimum atomic E-state index is -1.18. The Kier molecular flexibility index (Phi) is 5.57. The van der Waals surface area contributed by atoms with Gasteiger partial charge in [-0.1, -0.05) is 18.3 Å². The molecule has 0 saturated carbocycles. The molecule has 0 unspecified atom stereocenters. The lowest BCUT2D eigenvalue weighted by Gasteiger charge is -2.04. The molecule has 0 aromatic rings. The molecule has 0 heterocycles. The first-order valence-corrected chi connectivity index (χ1v) is 5.02. The van der Waals surface area contributed by atoms with Crippen molar-refractivity contribution in [2.45, 2.75) is 13.3 Å². The Balaban J connectivity index is 3.30. The van der Waals surface area contributed by atoms with E-state index in [0.29, 0.717) is 0 Å². The lowest BCUT2D eigenvalue weighted by molar-refractivity contribution is 0.331. The average molecular weight is 142 g/mol. The first kappa shape index (κ1) is 8.66. The first-order chi connectivity index (χ1) is 4.35. The molecule has 0 N–H and O–H groups in total. The molecule has 9 heavy (non-hydrogen) atoms. The van der Waals surface area contributed by atoms with Crippen molar-refractivity contribution in [1.29, 1.82) is 0 Å². The van der Waals surface area contributed by atoms with Crippen molar-refractivity contribution < 1.29 is 4.43 Å². The zero-order chi connectivity index (χ0) is 7.11. The van der Waals surface area contributed by atoms with Crippen LogP contribution in [0, 0.1) is 0 Å². The van der Waals surface area contributed by atoms with E-state index in [2.05, 4.69) is 20.1 Å². The third-order valence-corrected chi connectivity index (χ3v) is 2.53. The topological polar surface area (TPSA) is 9.23 Å². The number of hydrogen-bond acceptors (Lipinski definition) is 1. The van der Waals surface area contributed by atoms with Gasteiger partial charge >= 0.3 is 0 Å². The highest BCUT2D eigenvalue weighted by Gasteiger charge is 1.97. The van der Waals surface area contributed by atoms with Crippen molar-refractivity contribution in [3.63, 3.8) is 0 Å². The molecule has 2 heteroatoms. The highest BCUT2D eigenvalue weighted by molar-refractivity contribution is 6.62. The molecule has 0 aliphatic heterocycles. The van der Waals surface area contributed by atoms with Crippen molar-refractivity contribution in [1.82, 2.24) is 0 Å². The molecular weight excluding hydrogens is 128 g/mol. The van der Waals surface area contributed by atoms with Gasteiger partial charge in [0.2, 0.25) is 9.04 Å². The van der Waals surface area contributed by atoms with Crippen LogP contribution in [0.3, 0.4) is 0 Å². The molecule has 1 nitrogen and oxygen atoms in total. The van der Waals surface area contributed by atoms with Gasteiger partial charge in [0.15, 0.2) is 0 Å². The maximum Gasteiger partial charge on any atom is 0.224 e. The molecule has 0 aliphatic carbocycles. The lowest BCUT2D eigenvalue weighted by Crippen LogP contribution is -2.12. The molecule has 0 atom stereocenters. The Hall–Kier alpha value is -0.343. The molecule has 0 radical (unpaired) electrons. The zero-order valence-corrected chi connectivity index (χ0v) is 7.12. The van der Waals surface area contributed by atoms with E-state index in [1.807, 2.05) is 11.4 Å². The molecule has 0 aromatic carbocycles. The second-order valence-corrected chi connectivity index (χ2v) is 4.01. The molecule has 0 aliphatic rings. The van der Waals surface area contributed by atoms with Crippen molar-refractivity contribution >= 4 is 9.04 Å².